The number of hydrogen-bond donors (Lipinski definition) is 8. The van der Waals surface area contributed by atoms with E-state index in [1.54, 1.807) is 26.1 Å². The number of nitrogens with two attached hydrogens (primary N) is 2. The molecule has 0 radical (unpaired) electrons. The normalized spacial score (nSPS) is 14.2. The molecule has 1 aromatic carbocycles. The number of primary amides is 1. The van der Waals surface area contributed by atoms with Gasteiger partial charge >= 0.3 is 11.9 Å². The fourth-order valence-corrected chi connectivity index (χ4v) is 3.94. The van der Waals surface area contributed by atoms with Gasteiger partial charge in [0.25, 0.3) is 0 Å². The van der Waals surface area contributed by atoms with Crippen LogP contribution >= 0.6 is 0 Å². The number of aromatic amines is 1. The van der Waals surface area contributed by atoms with E-state index in [1.165, 1.54) is 0 Å². The van der Waals surface area contributed by atoms with Gasteiger partial charge in [0, 0.05) is 23.5 Å². The van der Waals surface area contributed by atoms with Crippen LogP contribution in [0.5, 0.6) is 0 Å². The second-order valence-corrected chi connectivity index (χ2v) is 9.59. The number of aromatic nitrogens is 1. The quantitative estimate of drug-likeness (QED) is 0.136. The molecule has 212 valence electrons. The first-order valence-corrected chi connectivity index (χ1v) is 12.2. The van der Waals surface area contributed by atoms with Gasteiger partial charge in [-0.2, -0.15) is 0 Å². The van der Waals surface area contributed by atoms with Crippen molar-refractivity contribution in [2.75, 3.05) is 0 Å². The first-order valence-electron chi connectivity index (χ1n) is 12.2. The number of carboxylic acids is 2. The zero-order valence-electron chi connectivity index (χ0n) is 21.6. The Labute approximate surface area is 223 Å². The first kappa shape index (κ1) is 30.8. The molecular weight excluding hydrogens is 512 g/mol. The van der Waals surface area contributed by atoms with Gasteiger partial charge in [0.1, 0.15) is 18.1 Å². The van der Waals surface area contributed by atoms with Gasteiger partial charge in [0.2, 0.25) is 23.6 Å². The van der Waals surface area contributed by atoms with Crippen molar-refractivity contribution in [3.63, 3.8) is 0 Å². The van der Waals surface area contributed by atoms with Gasteiger partial charge in [-0.05, 0) is 24.0 Å². The lowest BCUT2D eigenvalue weighted by molar-refractivity contribution is -0.143. The Morgan fingerprint density at radius 2 is 1.46 bits per heavy atom. The lowest BCUT2D eigenvalue weighted by Crippen LogP contribution is -2.58. The lowest BCUT2D eigenvalue weighted by atomic mass is 10.00. The molecule has 0 saturated carbocycles. The Morgan fingerprint density at radius 1 is 0.872 bits per heavy atom. The van der Waals surface area contributed by atoms with E-state index in [9.17, 15) is 33.9 Å². The number of amides is 4. The maximum absolute atomic E-state index is 13.4. The van der Waals surface area contributed by atoms with Gasteiger partial charge in [-0.15, -0.1) is 0 Å². The van der Waals surface area contributed by atoms with Gasteiger partial charge in [-0.1, -0.05) is 32.0 Å². The number of carboxylic acid groups (broad SMARTS) is 2. The molecule has 14 heteroatoms. The van der Waals surface area contributed by atoms with Crippen LogP contribution in [0.2, 0.25) is 0 Å². The summed E-state index contributed by atoms with van der Waals surface area (Å²) >= 11 is 0. The van der Waals surface area contributed by atoms with E-state index in [0.29, 0.717) is 5.56 Å². The zero-order chi connectivity index (χ0) is 29.3. The van der Waals surface area contributed by atoms with Crippen LogP contribution in [0.1, 0.15) is 38.7 Å². The van der Waals surface area contributed by atoms with Crippen LogP contribution in [0.3, 0.4) is 0 Å². The third-order valence-corrected chi connectivity index (χ3v) is 5.82. The SMILES string of the molecule is CC(C)CC(NC(=O)C(Cc1c[nH]c2ccccc12)NC(=O)C(N)CC(=O)O)C(=O)NC(CC(N)=O)C(=O)O. The van der Waals surface area contributed by atoms with Crippen molar-refractivity contribution in [2.24, 2.45) is 17.4 Å². The summed E-state index contributed by atoms with van der Waals surface area (Å²) in [6.45, 7) is 3.56. The number of aliphatic carboxylic acids is 2. The molecule has 14 nitrogen and oxygen atoms in total. The second kappa shape index (κ2) is 13.9. The van der Waals surface area contributed by atoms with Gasteiger partial charge < -0.3 is 42.6 Å². The molecule has 0 aliphatic heterocycles. The molecule has 1 aromatic heterocycles. The van der Waals surface area contributed by atoms with Crippen LogP contribution < -0.4 is 27.4 Å². The first-order chi connectivity index (χ1) is 18.3. The number of fused-ring (bicyclic) bond motifs is 1. The van der Waals surface area contributed by atoms with E-state index in [0.717, 1.165) is 10.9 Å². The molecule has 0 bridgehead atoms. The molecule has 0 spiro atoms. The van der Waals surface area contributed by atoms with Crippen LogP contribution in [0, 0.1) is 5.92 Å². The number of benzene rings is 1. The predicted octanol–water partition coefficient (Wildman–Crippen LogP) is -1.03. The number of rotatable bonds is 15. The molecule has 2 rings (SSSR count). The Bertz CT molecular complexity index is 1230. The Balaban J connectivity index is 2.31. The molecule has 2 aromatic rings. The van der Waals surface area contributed by atoms with Gasteiger partial charge in [-0.3, -0.25) is 24.0 Å². The third kappa shape index (κ3) is 9.41. The number of para-hydroxylation sites is 1. The minimum absolute atomic E-state index is 0.0309. The van der Waals surface area contributed by atoms with Crippen molar-refractivity contribution in [3.05, 3.63) is 36.0 Å². The predicted molar refractivity (Wildman–Crippen MR) is 139 cm³/mol. The van der Waals surface area contributed by atoms with Gasteiger partial charge in [-0.25, -0.2) is 4.79 Å². The number of H-pyrrole nitrogens is 1. The molecule has 1 heterocycles. The maximum Gasteiger partial charge on any atom is 0.326 e. The standard InChI is InChI=1S/C25H34N6O8/c1-12(2)7-17(23(36)31-19(25(38)39)10-20(27)32)30-24(37)18(29-22(35)15(26)9-21(33)34)8-13-11-28-16-6-4-3-5-14(13)16/h3-6,11-12,15,17-19,28H,7-10,26H2,1-2H3,(H2,27,32)(H,29,35)(H,30,37)(H,31,36)(H,33,34)(H,38,39). The highest BCUT2D eigenvalue weighted by Crippen LogP contribution is 2.19. The average Bonchev–Trinajstić information content (AvgIpc) is 3.24. The summed E-state index contributed by atoms with van der Waals surface area (Å²) in [7, 11) is 0. The van der Waals surface area contributed by atoms with Crippen molar-refractivity contribution in [1.82, 2.24) is 20.9 Å². The van der Waals surface area contributed by atoms with E-state index in [4.69, 9.17) is 16.6 Å². The van der Waals surface area contributed by atoms with E-state index >= 15 is 0 Å². The fraction of sp³-hybridized carbons (Fsp3) is 0.440. The van der Waals surface area contributed by atoms with Crippen LogP contribution in [-0.4, -0.2) is 74.9 Å². The molecule has 0 aliphatic carbocycles. The minimum atomic E-state index is -1.60. The molecule has 0 aliphatic rings. The van der Waals surface area contributed by atoms with Crippen LogP contribution in [0.25, 0.3) is 10.9 Å². The average molecular weight is 547 g/mol. The molecule has 4 unspecified atom stereocenters. The van der Waals surface area contributed by atoms with Gasteiger partial charge in [0.05, 0.1) is 18.9 Å². The van der Waals surface area contributed by atoms with Crippen LogP contribution in [-0.2, 0) is 35.2 Å². The summed E-state index contributed by atoms with van der Waals surface area (Å²) in [5, 5.41) is 26.3. The summed E-state index contributed by atoms with van der Waals surface area (Å²) in [5.74, 6) is -6.35. The number of nitrogens with one attached hydrogen (secondary N) is 4. The second-order valence-electron chi connectivity index (χ2n) is 9.59. The van der Waals surface area contributed by atoms with E-state index in [2.05, 4.69) is 20.9 Å². The lowest BCUT2D eigenvalue weighted by Gasteiger charge is -2.26. The van der Waals surface area contributed by atoms with Crippen molar-refractivity contribution >= 4 is 46.5 Å². The molecule has 39 heavy (non-hydrogen) atoms. The molecule has 4 atom stereocenters. The van der Waals surface area contributed by atoms with E-state index in [-0.39, 0.29) is 18.8 Å². The largest absolute Gasteiger partial charge is 0.481 e. The Kier molecular flexibility index (Phi) is 11.0. The summed E-state index contributed by atoms with van der Waals surface area (Å²) in [4.78, 5) is 75.8. The molecule has 4 amide bonds. The van der Waals surface area contributed by atoms with Crippen molar-refractivity contribution in [2.45, 2.75) is 63.7 Å². The highest BCUT2D eigenvalue weighted by Gasteiger charge is 2.32. The summed E-state index contributed by atoms with van der Waals surface area (Å²) in [6.07, 6.45) is 0.420. The number of hydrogen-bond acceptors (Lipinski definition) is 7. The van der Waals surface area contributed by atoms with Gasteiger partial charge in [0.15, 0.2) is 0 Å². The fourth-order valence-electron chi connectivity index (χ4n) is 3.94. The van der Waals surface area contributed by atoms with Crippen LogP contribution in [0.15, 0.2) is 30.5 Å². The minimum Gasteiger partial charge on any atom is -0.481 e. The highest BCUT2D eigenvalue weighted by molar-refractivity contribution is 5.96. The zero-order valence-corrected chi connectivity index (χ0v) is 21.6. The van der Waals surface area contributed by atoms with Crippen molar-refractivity contribution in [3.8, 4) is 0 Å². The summed E-state index contributed by atoms with van der Waals surface area (Å²) in [5.41, 5.74) is 12.2. The van der Waals surface area contributed by atoms with E-state index in [1.807, 2.05) is 18.2 Å². The molecule has 10 N–H and O–H groups in total. The maximum atomic E-state index is 13.4. The molecular formula is C25H34N6O8. The third-order valence-electron chi connectivity index (χ3n) is 5.82. The highest BCUT2D eigenvalue weighted by atomic mass is 16.4. The number of carbonyl (C=O) groups is 6. The monoisotopic (exact) mass is 546 g/mol. The summed E-state index contributed by atoms with van der Waals surface area (Å²) in [6, 6.07) is 1.73. The van der Waals surface area contributed by atoms with Crippen molar-refractivity contribution < 1.29 is 39.0 Å². The number of carbonyl (C=O) groups excluding carboxylic acids is 4. The van der Waals surface area contributed by atoms with Crippen LogP contribution in [0.4, 0.5) is 0 Å². The van der Waals surface area contributed by atoms with E-state index < -0.39 is 72.6 Å². The molecule has 0 saturated heterocycles. The Hall–Kier alpha value is -4.46. The molecule has 0 fully saturated rings. The Morgan fingerprint density at radius 3 is 2.05 bits per heavy atom. The smallest absolute Gasteiger partial charge is 0.326 e. The van der Waals surface area contributed by atoms with Crippen molar-refractivity contribution in [1.29, 1.82) is 0 Å². The topological polar surface area (TPSA) is 247 Å². The summed E-state index contributed by atoms with van der Waals surface area (Å²) < 4.78 is 0.